The highest BCUT2D eigenvalue weighted by Gasteiger charge is 2.15. The first-order valence-corrected chi connectivity index (χ1v) is 8.59. The highest BCUT2D eigenvalue weighted by atomic mass is 79.9. The molecular weight excluding hydrogens is 386 g/mol. The first-order chi connectivity index (χ1) is 9.66. The van der Waals surface area contributed by atoms with Gasteiger partial charge in [-0.3, -0.25) is 4.79 Å². The van der Waals surface area contributed by atoms with Crippen LogP contribution in [0.1, 0.15) is 32.1 Å². The summed E-state index contributed by atoms with van der Waals surface area (Å²) in [7, 11) is 0. The number of hydrogen-bond donors (Lipinski definition) is 1. The molecule has 0 radical (unpaired) electrons. The van der Waals surface area contributed by atoms with Crippen molar-refractivity contribution in [3.05, 3.63) is 27.1 Å². The zero-order chi connectivity index (χ0) is 14.4. The molecule has 2 rings (SSSR count). The van der Waals surface area contributed by atoms with Crippen LogP contribution in [0.25, 0.3) is 0 Å². The van der Waals surface area contributed by atoms with Crippen LogP contribution in [0.5, 0.6) is 5.75 Å². The van der Waals surface area contributed by atoms with E-state index in [2.05, 4.69) is 37.2 Å². The van der Waals surface area contributed by atoms with Gasteiger partial charge in [-0.15, -0.1) is 0 Å². The van der Waals surface area contributed by atoms with E-state index < -0.39 is 0 Å². The van der Waals surface area contributed by atoms with Crippen LogP contribution >= 0.6 is 31.9 Å². The van der Waals surface area contributed by atoms with Crippen LogP contribution in [0.2, 0.25) is 0 Å². The maximum Gasteiger partial charge on any atom is 0.257 e. The van der Waals surface area contributed by atoms with Gasteiger partial charge in [-0.05, 0) is 62.8 Å². The number of ether oxygens (including phenoxy) is 1. The van der Waals surface area contributed by atoms with Crippen molar-refractivity contribution in [1.29, 1.82) is 0 Å². The molecule has 0 heterocycles. The Hall–Kier alpha value is -0.550. The third kappa shape index (κ3) is 4.77. The van der Waals surface area contributed by atoms with Gasteiger partial charge in [-0.1, -0.05) is 25.3 Å². The summed E-state index contributed by atoms with van der Waals surface area (Å²) in [5, 5.41) is 2.97. The molecule has 20 heavy (non-hydrogen) atoms. The predicted molar refractivity (Wildman–Crippen MR) is 86.9 cm³/mol. The number of carbonyl (C=O) groups excluding carboxylic acids is 1. The van der Waals surface area contributed by atoms with E-state index in [9.17, 15) is 4.79 Å². The van der Waals surface area contributed by atoms with Gasteiger partial charge in [0.2, 0.25) is 0 Å². The van der Waals surface area contributed by atoms with Crippen molar-refractivity contribution in [3.63, 3.8) is 0 Å². The number of amides is 1. The summed E-state index contributed by atoms with van der Waals surface area (Å²) in [6, 6.07) is 5.68. The summed E-state index contributed by atoms with van der Waals surface area (Å²) in [5.41, 5.74) is 0. The monoisotopic (exact) mass is 403 g/mol. The van der Waals surface area contributed by atoms with Crippen LogP contribution in [0.3, 0.4) is 0 Å². The molecule has 110 valence electrons. The molecule has 3 nitrogen and oxygen atoms in total. The first kappa shape index (κ1) is 15.8. The van der Waals surface area contributed by atoms with Crippen LogP contribution in [0, 0.1) is 5.92 Å². The van der Waals surface area contributed by atoms with E-state index in [0.29, 0.717) is 11.7 Å². The topological polar surface area (TPSA) is 38.3 Å². The van der Waals surface area contributed by atoms with Gasteiger partial charge in [0.15, 0.2) is 6.61 Å². The summed E-state index contributed by atoms with van der Waals surface area (Å²) in [4.78, 5) is 11.8. The molecule has 0 spiro atoms. The smallest absolute Gasteiger partial charge is 0.257 e. The Labute approximate surface area is 136 Å². The minimum Gasteiger partial charge on any atom is -0.481 e. The van der Waals surface area contributed by atoms with E-state index in [4.69, 9.17) is 4.74 Å². The summed E-state index contributed by atoms with van der Waals surface area (Å²) in [6.45, 7) is 0.827. The van der Waals surface area contributed by atoms with Crippen molar-refractivity contribution in [1.82, 2.24) is 5.32 Å². The lowest BCUT2D eigenvalue weighted by Gasteiger charge is -2.21. The zero-order valence-corrected chi connectivity index (χ0v) is 14.5. The van der Waals surface area contributed by atoms with Crippen molar-refractivity contribution in [2.45, 2.75) is 32.1 Å². The fourth-order valence-corrected chi connectivity index (χ4v) is 3.69. The van der Waals surface area contributed by atoms with E-state index in [0.717, 1.165) is 15.5 Å². The Kier molecular flexibility index (Phi) is 6.36. The fourth-order valence-electron chi connectivity index (χ4n) is 2.46. The molecule has 1 saturated carbocycles. The SMILES string of the molecule is O=C(COc1c(Br)cccc1Br)NCC1CCCCC1. The minimum atomic E-state index is -0.0572. The maximum atomic E-state index is 11.8. The van der Waals surface area contributed by atoms with Crippen molar-refractivity contribution >= 4 is 37.8 Å². The lowest BCUT2D eigenvalue weighted by atomic mass is 9.89. The van der Waals surface area contributed by atoms with Gasteiger partial charge in [0.25, 0.3) is 5.91 Å². The molecule has 0 bridgehead atoms. The van der Waals surface area contributed by atoms with Gasteiger partial charge in [0, 0.05) is 6.54 Å². The van der Waals surface area contributed by atoms with E-state index in [1.807, 2.05) is 18.2 Å². The number of rotatable bonds is 5. The summed E-state index contributed by atoms with van der Waals surface area (Å²) in [6.07, 6.45) is 6.39. The Balaban J connectivity index is 1.74. The first-order valence-electron chi connectivity index (χ1n) is 7.00. The number of hydrogen-bond acceptors (Lipinski definition) is 2. The molecule has 1 amide bonds. The van der Waals surface area contributed by atoms with E-state index in [1.54, 1.807) is 0 Å². The van der Waals surface area contributed by atoms with E-state index in [-0.39, 0.29) is 12.5 Å². The van der Waals surface area contributed by atoms with E-state index >= 15 is 0 Å². The van der Waals surface area contributed by atoms with Crippen molar-refractivity contribution in [3.8, 4) is 5.75 Å². The zero-order valence-electron chi connectivity index (χ0n) is 11.3. The lowest BCUT2D eigenvalue weighted by molar-refractivity contribution is -0.123. The molecule has 0 atom stereocenters. The lowest BCUT2D eigenvalue weighted by Crippen LogP contribution is -2.33. The van der Waals surface area contributed by atoms with Gasteiger partial charge in [-0.2, -0.15) is 0 Å². The maximum absolute atomic E-state index is 11.8. The third-order valence-electron chi connectivity index (χ3n) is 3.58. The van der Waals surface area contributed by atoms with Gasteiger partial charge >= 0.3 is 0 Å². The minimum absolute atomic E-state index is 0.0495. The number of carbonyl (C=O) groups is 1. The summed E-state index contributed by atoms with van der Waals surface area (Å²) >= 11 is 6.82. The highest BCUT2D eigenvalue weighted by Crippen LogP contribution is 2.32. The molecule has 5 heteroatoms. The third-order valence-corrected chi connectivity index (χ3v) is 4.83. The Morgan fingerprint density at radius 2 is 1.85 bits per heavy atom. The van der Waals surface area contributed by atoms with Crippen LogP contribution in [0.4, 0.5) is 0 Å². The van der Waals surface area contributed by atoms with Crippen LogP contribution < -0.4 is 10.1 Å². The number of para-hydroxylation sites is 1. The number of benzene rings is 1. The van der Waals surface area contributed by atoms with Crippen LogP contribution in [0.15, 0.2) is 27.1 Å². The number of halogens is 2. The highest BCUT2D eigenvalue weighted by molar-refractivity contribution is 9.11. The molecule has 0 unspecified atom stereocenters. The molecule has 0 saturated heterocycles. The second-order valence-electron chi connectivity index (χ2n) is 5.15. The quantitative estimate of drug-likeness (QED) is 0.794. The second kappa shape index (κ2) is 8.03. The normalized spacial score (nSPS) is 15.9. The van der Waals surface area contributed by atoms with Gasteiger partial charge in [0.05, 0.1) is 8.95 Å². The number of nitrogens with one attached hydrogen (secondary N) is 1. The Bertz CT molecular complexity index is 439. The standard InChI is InChI=1S/C15H19Br2NO2/c16-12-7-4-8-13(17)15(12)20-10-14(19)18-9-11-5-2-1-3-6-11/h4,7-8,11H,1-3,5-6,9-10H2,(H,18,19). The fraction of sp³-hybridized carbons (Fsp3) is 0.533. The molecule has 1 fully saturated rings. The molecule has 1 aliphatic carbocycles. The molecule has 0 aromatic heterocycles. The average Bonchev–Trinajstić information content (AvgIpc) is 2.46. The van der Waals surface area contributed by atoms with Crippen molar-refractivity contribution in [2.75, 3.05) is 13.2 Å². The van der Waals surface area contributed by atoms with Gasteiger partial charge in [0.1, 0.15) is 5.75 Å². The summed E-state index contributed by atoms with van der Waals surface area (Å²) in [5.74, 6) is 1.25. The molecule has 1 N–H and O–H groups in total. The van der Waals surface area contributed by atoms with Gasteiger partial charge in [-0.25, -0.2) is 0 Å². The largest absolute Gasteiger partial charge is 0.481 e. The van der Waals surface area contributed by atoms with Crippen LogP contribution in [-0.4, -0.2) is 19.1 Å². The molecule has 1 aromatic carbocycles. The average molecular weight is 405 g/mol. The molecular formula is C15H19Br2NO2. The van der Waals surface area contributed by atoms with Crippen LogP contribution in [-0.2, 0) is 4.79 Å². The molecule has 0 aliphatic heterocycles. The van der Waals surface area contributed by atoms with Gasteiger partial charge < -0.3 is 10.1 Å². The van der Waals surface area contributed by atoms with Crippen molar-refractivity contribution in [2.24, 2.45) is 5.92 Å². The predicted octanol–water partition coefficient (Wildman–Crippen LogP) is 4.29. The molecule has 1 aromatic rings. The Morgan fingerprint density at radius 1 is 1.20 bits per heavy atom. The second-order valence-corrected chi connectivity index (χ2v) is 6.86. The van der Waals surface area contributed by atoms with E-state index in [1.165, 1.54) is 32.1 Å². The summed E-state index contributed by atoms with van der Waals surface area (Å²) < 4.78 is 7.24. The van der Waals surface area contributed by atoms with Crippen molar-refractivity contribution < 1.29 is 9.53 Å². The Morgan fingerprint density at radius 3 is 2.50 bits per heavy atom. The molecule has 1 aliphatic rings.